The number of aromatic hydroxyl groups is 1. The van der Waals surface area contributed by atoms with E-state index in [9.17, 15) is 14.7 Å². The van der Waals surface area contributed by atoms with Crippen LogP contribution in [0.3, 0.4) is 0 Å². The Morgan fingerprint density at radius 1 is 1.42 bits per heavy atom. The van der Waals surface area contributed by atoms with Crippen molar-refractivity contribution in [3.05, 3.63) is 46.4 Å². The van der Waals surface area contributed by atoms with Crippen molar-refractivity contribution in [3.63, 3.8) is 0 Å². The van der Waals surface area contributed by atoms with E-state index in [1.54, 1.807) is 24.3 Å². The summed E-state index contributed by atoms with van der Waals surface area (Å²) in [5.74, 6) is 0.0345. The molecule has 0 aliphatic heterocycles. The molecule has 0 saturated carbocycles. The first kappa shape index (κ1) is 12.8. The maximum absolute atomic E-state index is 11.8. The van der Waals surface area contributed by atoms with Crippen LogP contribution in [0.5, 0.6) is 11.5 Å². The largest absolute Gasteiger partial charge is 0.505 e. The molecule has 6 heteroatoms. The molecule has 0 unspecified atom stereocenters. The highest BCUT2D eigenvalue weighted by Gasteiger charge is 2.12. The molecule has 0 radical (unpaired) electrons. The van der Waals surface area contributed by atoms with E-state index in [1.165, 1.54) is 0 Å². The van der Waals surface area contributed by atoms with E-state index < -0.39 is 11.3 Å². The Balaban J connectivity index is 2.65. The van der Waals surface area contributed by atoms with Gasteiger partial charge in [-0.25, -0.2) is 0 Å². The van der Waals surface area contributed by atoms with Crippen molar-refractivity contribution in [3.8, 4) is 17.2 Å². The van der Waals surface area contributed by atoms with Crippen LogP contribution in [0.4, 0.5) is 0 Å². The summed E-state index contributed by atoms with van der Waals surface area (Å²) in [6, 6.07) is 7.77. The third kappa shape index (κ3) is 2.47. The number of aromatic nitrogens is 2. The number of carbonyl (C=O) groups excluding carboxylic acids is 1. The van der Waals surface area contributed by atoms with E-state index in [0.29, 0.717) is 24.3 Å². The smallest absolute Gasteiger partial charge is 0.275 e. The summed E-state index contributed by atoms with van der Waals surface area (Å²) >= 11 is 0. The van der Waals surface area contributed by atoms with Gasteiger partial charge in [0.1, 0.15) is 11.4 Å². The normalized spacial score (nSPS) is 10.2. The summed E-state index contributed by atoms with van der Waals surface area (Å²) in [4.78, 5) is 22.6. The Morgan fingerprint density at radius 3 is 2.84 bits per heavy atom. The van der Waals surface area contributed by atoms with E-state index in [1.807, 2.05) is 6.92 Å². The van der Waals surface area contributed by atoms with E-state index >= 15 is 0 Å². The molecule has 0 aliphatic carbocycles. The monoisotopic (exact) mass is 260 g/mol. The number of rotatable bonds is 4. The first-order chi connectivity index (χ1) is 9.17. The number of nitrogens with zero attached hydrogens (tertiary/aromatic N) is 2. The molecule has 1 aromatic heterocycles. The van der Waals surface area contributed by atoms with Crippen molar-refractivity contribution < 1.29 is 14.6 Å². The Bertz CT molecular complexity index is 664. The highest BCUT2D eigenvalue weighted by Crippen LogP contribution is 2.21. The van der Waals surface area contributed by atoms with Gasteiger partial charge in [0.15, 0.2) is 17.7 Å². The van der Waals surface area contributed by atoms with Crippen molar-refractivity contribution in [1.82, 2.24) is 9.78 Å². The van der Waals surface area contributed by atoms with Gasteiger partial charge in [-0.15, -0.1) is 0 Å². The predicted octanol–water partition coefficient (Wildman–Crippen LogP) is 1.15. The second-order valence-corrected chi connectivity index (χ2v) is 3.68. The summed E-state index contributed by atoms with van der Waals surface area (Å²) in [6.07, 6.45) is 0.383. The first-order valence-electron chi connectivity index (χ1n) is 5.68. The predicted molar refractivity (Wildman–Crippen MR) is 68.1 cm³/mol. The van der Waals surface area contributed by atoms with E-state index in [4.69, 9.17) is 4.74 Å². The highest BCUT2D eigenvalue weighted by atomic mass is 16.5. The zero-order valence-corrected chi connectivity index (χ0v) is 10.2. The fourth-order valence-corrected chi connectivity index (χ4v) is 1.63. The number of benzene rings is 1. The van der Waals surface area contributed by atoms with Crippen molar-refractivity contribution in [1.29, 1.82) is 0 Å². The summed E-state index contributed by atoms with van der Waals surface area (Å²) in [7, 11) is 0. The van der Waals surface area contributed by atoms with Crippen LogP contribution >= 0.6 is 0 Å². The number of ether oxygens (including phenoxy) is 1. The van der Waals surface area contributed by atoms with Crippen LogP contribution in [0.15, 0.2) is 35.1 Å². The topological polar surface area (TPSA) is 81.4 Å². The second kappa shape index (κ2) is 5.34. The van der Waals surface area contributed by atoms with Gasteiger partial charge in [0, 0.05) is 6.07 Å². The zero-order chi connectivity index (χ0) is 13.8. The third-order valence-electron chi connectivity index (χ3n) is 2.44. The van der Waals surface area contributed by atoms with E-state index in [-0.39, 0.29) is 5.69 Å². The maximum Gasteiger partial charge on any atom is 0.275 e. The molecule has 6 nitrogen and oxygen atoms in total. The first-order valence-corrected chi connectivity index (χ1v) is 5.68. The Labute approximate surface area is 108 Å². The summed E-state index contributed by atoms with van der Waals surface area (Å²) < 4.78 is 6.42. The molecule has 19 heavy (non-hydrogen) atoms. The lowest BCUT2D eigenvalue weighted by molar-refractivity contribution is 0.111. The average Bonchev–Trinajstić information content (AvgIpc) is 2.40. The van der Waals surface area contributed by atoms with E-state index in [2.05, 4.69) is 5.10 Å². The number of para-hydroxylation sites is 2. The van der Waals surface area contributed by atoms with Crippen molar-refractivity contribution >= 4 is 6.29 Å². The third-order valence-corrected chi connectivity index (χ3v) is 2.44. The molecule has 0 saturated heterocycles. The molecule has 98 valence electrons. The van der Waals surface area contributed by atoms with Gasteiger partial charge in [-0.3, -0.25) is 9.59 Å². The van der Waals surface area contributed by atoms with Crippen molar-refractivity contribution in [2.24, 2.45) is 0 Å². The number of aldehydes is 1. The molecule has 0 spiro atoms. The molecule has 1 heterocycles. The molecular formula is C13H12N2O4. The van der Waals surface area contributed by atoms with Crippen LogP contribution in [0.25, 0.3) is 5.69 Å². The summed E-state index contributed by atoms with van der Waals surface area (Å²) in [5.41, 5.74) is -0.335. The van der Waals surface area contributed by atoms with Gasteiger partial charge >= 0.3 is 0 Å². The molecule has 0 amide bonds. The Hall–Kier alpha value is -2.63. The van der Waals surface area contributed by atoms with Crippen LogP contribution in [-0.4, -0.2) is 27.8 Å². The summed E-state index contributed by atoms with van der Waals surface area (Å²) in [6.45, 7) is 2.25. The fourth-order valence-electron chi connectivity index (χ4n) is 1.63. The Morgan fingerprint density at radius 2 is 2.16 bits per heavy atom. The zero-order valence-electron chi connectivity index (χ0n) is 10.2. The standard InChI is InChI=1S/C13H12N2O4/c1-2-19-12-6-4-3-5-10(12)15-13(18)7-11(17)9(8-16)14-15/h3-8,17H,2H2,1H3. The molecule has 1 N–H and O–H groups in total. The average molecular weight is 260 g/mol. The highest BCUT2D eigenvalue weighted by molar-refractivity contribution is 5.75. The molecule has 0 fully saturated rings. The maximum atomic E-state index is 11.8. The molecule has 1 aromatic carbocycles. The van der Waals surface area contributed by atoms with Crippen molar-refractivity contribution in [2.75, 3.05) is 6.61 Å². The van der Waals surface area contributed by atoms with Gasteiger partial charge in [-0.2, -0.15) is 9.78 Å². The molecule has 0 atom stereocenters. The number of hydrogen-bond donors (Lipinski definition) is 1. The van der Waals surface area contributed by atoms with Gasteiger partial charge in [-0.05, 0) is 19.1 Å². The fraction of sp³-hybridized carbons (Fsp3) is 0.154. The van der Waals surface area contributed by atoms with Gasteiger partial charge in [0.2, 0.25) is 0 Å². The SMILES string of the molecule is CCOc1ccccc1-n1nc(C=O)c(O)cc1=O. The van der Waals surface area contributed by atoms with Crippen LogP contribution in [-0.2, 0) is 0 Å². The lowest BCUT2D eigenvalue weighted by Gasteiger charge is -2.11. The second-order valence-electron chi connectivity index (χ2n) is 3.68. The minimum atomic E-state index is -0.546. The number of carbonyl (C=O) groups is 1. The molecular weight excluding hydrogens is 248 g/mol. The van der Waals surface area contributed by atoms with Gasteiger partial charge < -0.3 is 9.84 Å². The Kier molecular flexibility index (Phi) is 3.61. The van der Waals surface area contributed by atoms with Crippen LogP contribution in [0.1, 0.15) is 17.4 Å². The molecule has 2 aromatic rings. The molecule has 2 rings (SSSR count). The molecule has 0 bridgehead atoms. The lowest BCUT2D eigenvalue weighted by atomic mass is 10.3. The minimum absolute atomic E-state index is 0.203. The van der Waals surface area contributed by atoms with Crippen LogP contribution in [0.2, 0.25) is 0 Å². The van der Waals surface area contributed by atoms with E-state index in [0.717, 1.165) is 10.7 Å². The number of hydrogen-bond acceptors (Lipinski definition) is 5. The van der Waals surface area contributed by atoms with Gasteiger partial charge in [-0.1, -0.05) is 12.1 Å². The van der Waals surface area contributed by atoms with Crippen LogP contribution in [0, 0.1) is 0 Å². The quantitative estimate of drug-likeness (QED) is 0.834. The van der Waals surface area contributed by atoms with Gasteiger partial charge in [0.05, 0.1) is 6.61 Å². The minimum Gasteiger partial charge on any atom is -0.505 e. The van der Waals surface area contributed by atoms with Crippen molar-refractivity contribution in [2.45, 2.75) is 6.92 Å². The van der Waals surface area contributed by atoms with Crippen LogP contribution < -0.4 is 10.3 Å². The molecule has 0 aliphatic rings. The van der Waals surface area contributed by atoms with Gasteiger partial charge in [0.25, 0.3) is 5.56 Å². The lowest BCUT2D eigenvalue weighted by Crippen LogP contribution is -2.22. The summed E-state index contributed by atoms with van der Waals surface area (Å²) in [5, 5.41) is 13.2.